The van der Waals surface area contributed by atoms with Crippen LogP contribution in [0.3, 0.4) is 0 Å². The van der Waals surface area contributed by atoms with E-state index in [1.54, 1.807) is 0 Å². The molecule has 0 saturated carbocycles. The lowest BCUT2D eigenvalue weighted by atomic mass is 9.91. The molecular formula is C19H20ClFN2O2. The van der Waals surface area contributed by atoms with Gasteiger partial charge >= 0.3 is 0 Å². The molecular weight excluding hydrogens is 343 g/mol. The second-order valence-corrected chi connectivity index (χ2v) is 6.61. The summed E-state index contributed by atoms with van der Waals surface area (Å²) < 4.78 is 13.2. The van der Waals surface area contributed by atoms with Crippen LogP contribution in [0.1, 0.15) is 19.4 Å². The third-order valence-corrected chi connectivity index (χ3v) is 4.14. The average Bonchev–Trinajstić information content (AvgIpc) is 2.59. The molecule has 0 aliphatic carbocycles. The van der Waals surface area contributed by atoms with Crippen molar-refractivity contribution in [1.82, 2.24) is 5.32 Å². The van der Waals surface area contributed by atoms with Crippen LogP contribution in [0, 0.1) is 11.2 Å². The molecule has 0 fully saturated rings. The van der Waals surface area contributed by atoms with Crippen molar-refractivity contribution in [2.45, 2.75) is 20.3 Å². The predicted octanol–water partition coefficient (Wildman–Crippen LogP) is 3.80. The molecule has 4 nitrogen and oxygen atoms in total. The van der Waals surface area contributed by atoms with Crippen molar-refractivity contribution >= 4 is 29.1 Å². The minimum Gasteiger partial charge on any atom is -0.355 e. The first kappa shape index (κ1) is 18.9. The van der Waals surface area contributed by atoms with E-state index in [2.05, 4.69) is 10.6 Å². The van der Waals surface area contributed by atoms with Crippen molar-refractivity contribution < 1.29 is 14.0 Å². The molecule has 0 aromatic heterocycles. The van der Waals surface area contributed by atoms with Crippen molar-refractivity contribution in [2.75, 3.05) is 11.9 Å². The highest BCUT2D eigenvalue weighted by molar-refractivity contribution is 6.31. The Kier molecular flexibility index (Phi) is 6.15. The molecule has 2 aromatic carbocycles. The SMILES string of the molecule is CC(C)(C(=O)NCCc1ccccc1)C(=O)Nc1ccc(F)c(Cl)c1. The third-order valence-electron chi connectivity index (χ3n) is 3.85. The topological polar surface area (TPSA) is 58.2 Å². The highest BCUT2D eigenvalue weighted by Crippen LogP contribution is 2.23. The largest absolute Gasteiger partial charge is 0.355 e. The van der Waals surface area contributed by atoms with Crippen LogP contribution in [0.4, 0.5) is 10.1 Å². The lowest BCUT2D eigenvalue weighted by Crippen LogP contribution is -2.45. The van der Waals surface area contributed by atoms with Crippen LogP contribution in [0.5, 0.6) is 0 Å². The Morgan fingerprint density at radius 2 is 1.76 bits per heavy atom. The van der Waals surface area contributed by atoms with E-state index in [0.717, 1.165) is 11.6 Å². The van der Waals surface area contributed by atoms with Crippen molar-refractivity contribution in [1.29, 1.82) is 0 Å². The summed E-state index contributed by atoms with van der Waals surface area (Å²) in [6.07, 6.45) is 0.678. The van der Waals surface area contributed by atoms with E-state index in [-0.39, 0.29) is 10.9 Å². The Hall–Kier alpha value is -2.40. The maximum Gasteiger partial charge on any atom is 0.239 e. The second-order valence-electron chi connectivity index (χ2n) is 6.20. The molecule has 6 heteroatoms. The fourth-order valence-electron chi connectivity index (χ4n) is 2.15. The van der Waals surface area contributed by atoms with Gasteiger partial charge in [0.2, 0.25) is 11.8 Å². The molecule has 0 spiro atoms. The van der Waals surface area contributed by atoms with E-state index in [1.165, 1.54) is 26.0 Å². The smallest absolute Gasteiger partial charge is 0.239 e. The number of halogens is 2. The molecule has 0 heterocycles. The summed E-state index contributed by atoms with van der Waals surface area (Å²) in [6.45, 7) is 3.50. The van der Waals surface area contributed by atoms with E-state index >= 15 is 0 Å². The zero-order chi connectivity index (χ0) is 18.4. The Morgan fingerprint density at radius 3 is 2.40 bits per heavy atom. The number of rotatable bonds is 6. The van der Waals surface area contributed by atoms with Crippen LogP contribution in [0.15, 0.2) is 48.5 Å². The zero-order valence-electron chi connectivity index (χ0n) is 14.1. The van der Waals surface area contributed by atoms with E-state index in [4.69, 9.17) is 11.6 Å². The van der Waals surface area contributed by atoms with Crippen molar-refractivity contribution in [3.8, 4) is 0 Å². The molecule has 0 bridgehead atoms. The summed E-state index contributed by atoms with van der Waals surface area (Å²) in [5, 5.41) is 5.27. The van der Waals surface area contributed by atoms with Gasteiger partial charge in [0.1, 0.15) is 11.2 Å². The molecule has 0 radical (unpaired) electrons. The summed E-state index contributed by atoms with van der Waals surface area (Å²) in [6, 6.07) is 13.6. The van der Waals surface area contributed by atoms with Gasteiger partial charge in [-0.2, -0.15) is 0 Å². The van der Waals surface area contributed by atoms with E-state index in [0.29, 0.717) is 18.7 Å². The summed E-state index contributed by atoms with van der Waals surface area (Å²) in [5.41, 5.74) is 0.157. The minimum atomic E-state index is -1.28. The highest BCUT2D eigenvalue weighted by atomic mass is 35.5. The third kappa shape index (κ3) is 5.03. The van der Waals surface area contributed by atoms with Crippen LogP contribution in [-0.4, -0.2) is 18.4 Å². The molecule has 0 atom stereocenters. The lowest BCUT2D eigenvalue weighted by molar-refractivity contribution is -0.138. The first-order valence-corrected chi connectivity index (χ1v) is 8.27. The first-order chi connectivity index (χ1) is 11.8. The average molecular weight is 363 g/mol. The highest BCUT2D eigenvalue weighted by Gasteiger charge is 2.35. The summed E-state index contributed by atoms with van der Waals surface area (Å²) >= 11 is 5.70. The number of hydrogen-bond acceptors (Lipinski definition) is 2. The van der Waals surface area contributed by atoms with Crippen molar-refractivity contribution in [3.63, 3.8) is 0 Å². The number of benzene rings is 2. The fraction of sp³-hybridized carbons (Fsp3) is 0.263. The van der Waals surface area contributed by atoms with Gasteiger partial charge in [-0.25, -0.2) is 4.39 Å². The summed E-state index contributed by atoms with van der Waals surface area (Å²) in [7, 11) is 0. The number of anilines is 1. The molecule has 0 saturated heterocycles. The summed E-state index contributed by atoms with van der Waals surface area (Å²) in [4.78, 5) is 24.7. The Morgan fingerprint density at radius 1 is 1.08 bits per heavy atom. The zero-order valence-corrected chi connectivity index (χ0v) is 14.9. The van der Waals surface area contributed by atoms with Gasteiger partial charge in [-0.15, -0.1) is 0 Å². The van der Waals surface area contributed by atoms with Gasteiger partial charge in [0, 0.05) is 12.2 Å². The monoisotopic (exact) mass is 362 g/mol. The Bertz CT molecular complexity index is 763. The minimum absolute atomic E-state index is 0.0945. The van der Waals surface area contributed by atoms with Gasteiger partial charge in [-0.05, 0) is 44.0 Å². The van der Waals surface area contributed by atoms with Gasteiger partial charge in [0.05, 0.1) is 5.02 Å². The molecule has 2 amide bonds. The maximum atomic E-state index is 13.2. The molecule has 2 N–H and O–H groups in total. The molecule has 0 aliphatic rings. The Balaban J connectivity index is 1.92. The second kappa shape index (κ2) is 8.12. The molecule has 2 aromatic rings. The number of nitrogens with one attached hydrogen (secondary N) is 2. The fourth-order valence-corrected chi connectivity index (χ4v) is 2.33. The maximum absolute atomic E-state index is 13.2. The van der Waals surface area contributed by atoms with Crippen LogP contribution in [-0.2, 0) is 16.0 Å². The van der Waals surface area contributed by atoms with Crippen molar-refractivity contribution in [3.05, 3.63) is 64.9 Å². The first-order valence-electron chi connectivity index (χ1n) is 7.89. The van der Waals surface area contributed by atoms with Gasteiger partial charge in [0.15, 0.2) is 0 Å². The van der Waals surface area contributed by atoms with Gasteiger partial charge in [-0.3, -0.25) is 9.59 Å². The summed E-state index contributed by atoms with van der Waals surface area (Å²) in [5.74, 6) is -1.45. The predicted molar refractivity (Wildman–Crippen MR) is 97.0 cm³/mol. The van der Waals surface area contributed by atoms with Crippen LogP contribution in [0.2, 0.25) is 5.02 Å². The van der Waals surface area contributed by atoms with Crippen molar-refractivity contribution in [2.24, 2.45) is 5.41 Å². The van der Waals surface area contributed by atoms with Gasteiger partial charge in [-0.1, -0.05) is 41.9 Å². The number of hydrogen-bond donors (Lipinski definition) is 2. The van der Waals surface area contributed by atoms with Crippen LogP contribution >= 0.6 is 11.6 Å². The van der Waals surface area contributed by atoms with E-state index in [9.17, 15) is 14.0 Å². The number of carbonyl (C=O) groups is 2. The van der Waals surface area contributed by atoms with Gasteiger partial charge in [0.25, 0.3) is 0 Å². The van der Waals surface area contributed by atoms with E-state index < -0.39 is 17.1 Å². The molecule has 2 rings (SSSR count). The van der Waals surface area contributed by atoms with Crippen LogP contribution in [0.25, 0.3) is 0 Å². The van der Waals surface area contributed by atoms with Crippen LogP contribution < -0.4 is 10.6 Å². The number of carbonyl (C=O) groups excluding carboxylic acids is 2. The molecule has 0 aliphatic heterocycles. The standard InChI is InChI=1S/C19H20ClFN2O2/c1-19(2,17(24)22-11-10-13-6-4-3-5-7-13)18(25)23-14-8-9-16(21)15(20)12-14/h3-9,12H,10-11H2,1-2H3,(H,22,24)(H,23,25). The van der Waals surface area contributed by atoms with E-state index in [1.807, 2.05) is 30.3 Å². The quantitative estimate of drug-likeness (QED) is 0.768. The Labute approximate surface area is 151 Å². The molecule has 0 unspecified atom stereocenters. The van der Waals surface area contributed by atoms with Gasteiger partial charge < -0.3 is 10.6 Å². The molecule has 25 heavy (non-hydrogen) atoms. The molecule has 132 valence electrons. The lowest BCUT2D eigenvalue weighted by Gasteiger charge is -2.23. The number of amides is 2. The normalized spacial score (nSPS) is 11.0.